The van der Waals surface area contributed by atoms with Gasteiger partial charge in [-0.15, -0.1) is 12.3 Å². The molecule has 0 amide bonds. The second kappa shape index (κ2) is 7.97. The van der Waals surface area contributed by atoms with Crippen LogP contribution in [-0.2, 0) is 0 Å². The molecule has 0 aromatic carbocycles. The molecular weight excluding hydrogens is 404 g/mol. The Bertz CT molecular complexity index is 1170. The van der Waals surface area contributed by atoms with Gasteiger partial charge in [-0.3, -0.25) is 0 Å². The topological polar surface area (TPSA) is 77.7 Å². The van der Waals surface area contributed by atoms with Crippen molar-refractivity contribution in [2.75, 3.05) is 18.0 Å². The van der Waals surface area contributed by atoms with E-state index in [4.69, 9.17) is 21.0 Å². The highest BCUT2D eigenvalue weighted by atomic mass is 16.5. The summed E-state index contributed by atoms with van der Waals surface area (Å²) in [6.07, 6.45) is 11.9. The van der Waals surface area contributed by atoms with E-state index in [1.165, 1.54) is 0 Å². The van der Waals surface area contributed by atoms with Crippen LogP contribution < -0.4 is 14.4 Å². The van der Waals surface area contributed by atoms with Gasteiger partial charge in [0.05, 0.1) is 11.3 Å². The highest BCUT2D eigenvalue weighted by Crippen LogP contribution is 2.35. The molecule has 1 aliphatic rings. The van der Waals surface area contributed by atoms with Crippen LogP contribution in [0.3, 0.4) is 0 Å². The van der Waals surface area contributed by atoms with E-state index in [0.717, 1.165) is 30.8 Å². The first kappa shape index (κ1) is 21.9. The summed E-state index contributed by atoms with van der Waals surface area (Å²) in [5.74, 6) is 3.53. The first-order valence-electron chi connectivity index (χ1n) is 10.8. The molecule has 32 heavy (non-hydrogen) atoms. The van der Waals surface area contributed by atoms with Crippen molar-refractivity contribution in [2.24, 2.45) is 5.92 Å². The molecule has 0 spiro atoms. The molecule has 0 bridgehead atoms. The number of nitrogens with zero attached hydrogens (tertiary/aromatic N) is 6. The lowest BCUT2D eigenvalue weighted by Gasteiger charge is -2.24. The van der Waals surface area contributed by atoms with E-state index in [1.54, 1.807) is 16.9 Å². The molecule has 8 heteroatoms. The predicted molar refractivity (Wildman–Crippen MR) is 124 cm³/mol. The Morgan fingerprint density at radius 1 is 1.09 bits per heavy atom. The van der Waals surface area contributed by atoms with Gasteiger partial charge >= 0.3 is 6.01 Å². The maximum Gasteiger partial charge on any atom is 0.320 e. The molecule has 1 aliphatic heterocycles. The van der Waals surface area contributed by atoms with Gasteiger partial charge in [-0.2, -0.15) is 10.1 Å². The molecule has 3 aromatic rings. The third-order valence-corrected chi connectivity index (χ3v) is 4.91. The molecule has 168 valence electrons. The minimum absolute atomic E-state index is 0.235. The fourth-order valence-electron chi connectivity index (χ4n) is 3.60. The second-order valence-electron chi connectivity index (χ2n) is 10.0. The number of terminal acetylenes is 1. The fourth-order valence-corrected chi connectivity index (χ4v) is 3.60. The minimum atomic E-state index is -0.459. The lowest BCUT2D eigenvalue weighted by atomic mass is 10.1. The molecule has 0 N–H and O–H groups in total. The Hall–Kier alpha value is -3.34. The molecule has 3 aromatic heterocycles. The van der Waals surface area contributed by atoms with Crippen LogP contribution in [0.4, 0.5) is 5.69 Å². The molecule has 1 saturated heterocycles. The van der Waals surface area contributed by atoms with Crippen LogP contribution >= 0.6 is 0 Å². The lowest BCUT2D eigenvalue weighted by Crippen LogP contribution is -2.26. The van der Waals surface area contributed by atoms with Crippen LogP contribution in [0.2, 0.25) is 0 Å². The van der Waals surface area contributed by atoms with Crippen molar-refractivity contribution in [1.29, 1.82) is 0 Å². The van der Waals surface area contributed by atoms with Gasteiger partial charge in [-0.1, -0.05) is 0 Å². The van der Waals surface area contributed by atoms with Crippen LogP contribution in [0.15, 0.2) is 24.7 Å². The number of fused-ring (bicyclic) bond motifs is 1. The van der Waals surface area contributed by atoms with Gasteiger partial charge in [-0.25, -0.2) is 14.5 Å². The van der Waals surface area contributed by atoms with Gasteiger partial charge in [0.15, 0.2) is 5.65 Å². The zero-order valence-electron chi connectivity index (χ0n) is 19.6. The van der Waals surface area contributed by atoms with Crippen LogP contribution in [0.1, 0.15) is 48.0 Å². The average molecular weight is 435 g/mol. The smallest absolute Gasteiger partial charge is 0.320 e. The number of imidazole rings is 1. The molecule has 0 aliphatic carbocycles. The number of hydrogen-bond acceptors (Lipinski definition) is 7. The largest absolute Gasteiger partial charge is 0.471 e. The number of ether oxygens (including phenoxy) is 2. The molecule has 1 unspecified atom stereocenters. The first-order chi connectivity index (χ1) is 15.0. The van der Waals surface area contributed by atoms with E-state index in [2.05, 4.69) is 25.8 Å². The maximum atomic E-state index is 6.20. The summed E-state index contributed by atoms with van der Waals surface area (Å²) in [5.41, 5.74) is 2.26. The SMILES string of the molecule is C#CC1CCN(c2cc(-c3cnc(OC(C)(C)C)nc3OC(C)(C)C)nn3ccnc23)C1. The van der Waals surface area contributed by atoms with Gasteiger partial charge in [0.2, 0.25) is 5.88 Å². The van der Waals surface area contributed by atoms with Crippen molar-refractivity contribution in [3.63, 3.8) is 0 Å². The van der Waals surface area contributed by atoms with E-state index < -0.39 is 11.2 Å². The quantitative estimate of drug-likeness (QED) is 0.574. The van der Waals surface area contributed by atoms with Crippen LogP contribution in [0.5, 0.6) is 11.9 Å². The molecule has 0 radical (unpaired) electrons. The first-order valence-corrected chi connectivity index (χ1v) is 10.8. The Morgan fingerprint density at radius 3 is 2.50 bits per heavy atom. The Morgan fingerprint density at radius 2 is 1.84 bits per heavy atom. The van der Waals surface area contributed by atoms with Gasteiger partial charge in [0.1, 0.15) is 16.9 Å². The van der Waals surface area contributed by atoms with Crippen molar-refractivity contribution in [3.05, 3.63) is 24.7 Å². The third kappa shape index (κ3) is 4.77. The molecule has 4 rings (SSSR count). The molecular formula is C24H30N6O2. The zero-order valence-corrected chi connectivity index (χ0v) is 19.6. The van der Waals surface area contributed by atoms with Crippen molar-refractivity contribution in [2.45, 2.75) is 59.2 Å². The molecule has 0 saturated carbocycles. The molecule has 1 fully saturated rings. The van der Waals surface area contributed by atoms with E-state index in [-0.39, 0.29) is 11.9 Å². The predicted octanol–water partition coefficient (Wildman–Crippen LogP) is 4.00. The normalized spacial score (nSPS) is 16.9. The number of rotatable bonds is 4. The monoisotopic (exact) mass is 434 g/mol. The molecule has 8 nitrogen and oxygen atoms in total. The lowest BCUT2D eigenvalue weighted by molar-refractivity contribution is 0.103. The Balaban J connectivity index is 1.82. The Labute approximate surface area is 189 Å². The summed E-state index contributed by atoms with van der Waals surface area (Å²) in [6.45, 7) is 13.5. The summed E-state index contributed by atoms with van der Waals surface area (Å²) in [5, 5.41) is 4.76. The highest BCUT2D eigenvalue weighted by Gasteiger charge is 2.26. The van der Waals surface area contributed by atoms with Crippen molar-refractivity contribution in [1.82, 2.24) is 24.6 Å². The van der Waals surface area contributed by atoms with Gasteiger partial charge in [-0.05, 0) is 54.0 Å². The van der Waals surface area contributed by atoms with E-state index in [0.29, 0.717) is 17.1 Å². The maximum absolute atomic E-state index is 6.20. The van der Waals surface area contributed by atoms with Gasteiger partial charge in [0.25, 0.3) is 0 Å². The Kier molecular flexibility index (Phi) is 5.45. The van der Waals surface area contributed by atoms with Crippen LogP contribution in [0.25, 0.3) is 16.9 Å². The summed E-state index contributed by atoms with van der Waals surface area (Å²) in [6, 6.07) is 2.28. The summed E-state index contributed by atoms with van der Waals surface area (Å²) >= 11 is 0. The van der Waals surface area contributed by atoms with Gasteiger partial charge in [0, 0.05) is 37.6 Å². The summed E-state index contributed by atoms with van der Waals surface area (Å²) in [7, 11) is 0. The van der Waals surface area contributed by atoms with Crippen molar-refractivity contribution < 1.29 is 9.47 Å². The average Bonchev–Trinajstić information content (AvgIpc) is 3.34. The van der Waals surface area contributed by atoms with Crippen LogP contribution in [0, 0.1) is 18.3 Å². The fraction of sp³-hybridized carbons (Fsp3) is 0.500. The van der Waals surface area contributed by atoms with E-state index in [9.17, 15) is 0 Å². The van der Waals surface area contributed by atoms with Crippen LogP contribution in [-0.4, -0.2) is 48.9 Å². The zero-order chi connectivity index (χ0) is 23.1. The van der Waals surface area contributed by atoms with Crippen molar-refractivity contribution >= 4 is 11.3 Å². The summed E-state index contributed by atoms with van der Waals surface area (Å²) in [4.78, 5) is 15.8. The van der Waals surface area contributed by atoms with E-state index in [1.807, 2.05) is 53.8 Å². The third-order valence-electron chi connectivity index (χ3n) is 4.91. The van der Waals surface area contributed by atoms with E-state index >= 15 is 0 Å². The van der Waals surface area contributed by atoms with Gasteiger partial charge < -0.3 is 14.4 Å². The number of aromatic nitrogens is 5. The minimum Gasteiger partial charge on any atom is -0.471 e. The van der Waals surface area contributed by atoms with Crippen molar-refractivity contribution in [3.8, 4) is 35.5 Å². The number of anilines is 1. The molecule has 4 heterocycles. The second-order valence-corrected chi connectivity index (χ2v) is 10.0. The standard InChI is InChI=1S/C24H30N6O2/c1-8-16-9-11-29(15-16)19-13-18(28-30-12-10-25-20(19)30)17-14-26-22(32-24(5,6)7)27-21(17)31-23(2,3)4/h1,10,12-14,16H,9,11,15H2,2-7H3. The summed E-state index contributed by atoms with van der Waals surface area (Å²) < 4.78 is 13.8. The highest BCUT2D eigenvalue weighted by molar-refractivity contribution is 5.76. The molecule has 1 atom stereocenters. The number of hydrogen-bond donors (Lipinski definition) is 0.